The van der Waals surface area contributed by atoms with Gasteiger partial charge in [-0.15, -0.1) is 10.2 Å². The first kappa shape index (κ1) is 19.9. The number of fused-ring (bicyclic) bond motifs is 1. The van der Waals surface area contributed by atoms with Gasteiger partial charge in [0.25, 0.3) is 0 Å². The first-order valence-corrected chi connectivity index (χ1v) is 11.5. The van der Waals surface area contributed by atoms with Gasteiger partial charge in [0.1, 0.15) is 5.56 Å². The Kier molecular flexibility index (Phi) is 5.94. The number of carbonyl (C=O) groups excluding carboxylic acids is 1. The molecular formula is C18H28ClN3O2Si. The number of ether oxygens (including phenoxy) is 1. The van der Waals surface area contributed by atoms with Gasteiger partial charge in [0.15, 0.2) is 19.0 Å². The molecule has 0 amide bonds. The lowest BCUT2D eigenvalue weighted by Crippen LogP contribution is -2.51. The van der Waals surface area contributed by atoms with Crippen LogP contribution >= 0.6 is 11.6 Å². The van der Waals surface area contributed by atoms with E-state index in [0.717, 1.165) is 11.0 Å². The molecule has 0 spiro atoms. The maximum Gasteiger partial charge on any atom is 0.342 e. The molecule has 0 aromatic carbocycles. The molecule has 0 unspecified atom stereocenters. The highest BCUT2D eigenvalue weighted by Gasteiger charge is 2.46. The zero-order valence-electron chi connectivity index (χ0n) is 16.1. The monoisotopic (exact) mass is 381 g/mol. The summed E-state index contributed by atoms with van der Waals surface area (Å²) in [6, 6.07) is 1.93. The van der Waals surface area contributed by atoms with Crippen molar-refractivity contribution in [1.82, 2.24) is 14.4 Å². The summed E-state index contributed by atoms with van der Waals surface area (Å²) in [6.07, 6.45) is 2.06. The zero-order valence-corrected chi connectivity index (χ0v) is 17.9. The first-order valence-electron chi connectivity index (χ1n) is 8.90. The van der Waals surface area contributed by atoms with Crippen LogP contribution < -0.4 is 0 Å². The van der Waals surface area contributed by atoms with E-state index >= 15 is 0 Å². The number of rotatable bonds is 6. The molecule has 0 N–H and O–H groups in total. The highest BCUT2D eigenvalue weighted by molar-refractivity contribution is 6.82. The summed E-state index contributed by atoms with van der Waals surface area (Å²) in [7, 11) is -1.99. The minimum atomic E-state index is -1.99. The van der Waals surface area contributed by atoms with Crippen molar-refractivity contribution in [2.45, 2.75) is 65.1 Å². The fourth-order valence-corrected chi connectivity index (χ4v) is 11.3. The lowest BCUT2D eigenvalue weighted by Gasteiger charge is -2.44. The SMILES string of the molecule is CCOC(=O)c1c(Cl)nnc2c1ccn2[Si](C(C)C)(C(C)C)C(C)C. The highest BCUT2D eigenvalue weighted by Crippen LogP contribution is 2.44. The minimum Gasteiger partial charge on any atom is -0.462 e. The molecule has 0 aliphatic rings. The molecule has 0 saturated carbocycles. The molecule has 2 heterocycles. The standard InChI is InChI=1S/C18H28ClN3O2Si/c1-8-24-18(23)15-14-9-10-22(17(14)21-20-16(15)19)25(11(2)3,12(4)5)13(6)7/h9-13H,8H2,1-7H3. The van der Waals surface area contributed by atoms with E-state index in [1.54, 1.807) is 6.92 Å². The Morgan fingerprint density at radius 2 is 1.72 bits per heavy atom. The molecule has 0 fully saturated rings. The van der Waals surface area contributed by atoms with Gasteiger partial charge in [-0.3, -0.25) is 0 Å². The number of halogens is 1. The topological polar surface area (TPSA) is 57.0 Å². The summed E-state index contributed by atoms with van der Waals surface area (Å²) in [6.45, 7) is 15.8. The third-order valence-electron chi connectivity index (χ3n) is 5.24. The molecule has 2 rings (SSSR count). The molecule has 0 saturated heterocycles. The maximum absolute atomic E-state index is 12.4. The summed E-state index contributed by atoms with van der Waals surface area (Å²) < 4.78 is 7.48. The van der Waals surface area contributed by atoms with Gasteiger partial charge in [0.2, 0.25) is 0 Å². The van der Waals surface area contributed by atoms with Gasteiger partial charge in [0.05, 0.1) is 6.61 Å². The first-order chi connectivity index (χ1) is 11.7. The van der Waals surface area contributed by atoms with E-state index in [1.165, 1.54) is 0 Å². The number of carbonyl (C=O) groups is 1. The van der Waals surface area contributed by atoms with Crippen molar-refractivity contribution in [1.29, 1.82) is 0 Å². The molecule has 0 bridgehead atoms. The normalized spacial score (nSPS) is 12.6. The average molecular weight is 382 g/mol. The van der Waals surface area contributed by atoms with Crippen LogP contribution in [-0.2, 0) is 4.74 Å². The van der Waals surface area contributed by atoms with Gasteiger partial charge in [-0.2, -0.15) is 0 Å². The summed E-state index contributed by atoms with van der Waals surface area (Å²) in [5.74, 6) is -0.448. The van der Waals surface area contributed by atoms with Crippen molar-refractivity contribution >= 4 is 36.8 Å². The molecule has 138 valence electrons. The Bertz CT molecular complexity index is 749. The number of hydrogen-bond acceptors (Lipinski definition) is 4. The van der Waals surface area contributed by atoms with Crippen LogP contribution in [0.3, 0.4) is 0 Å². The van der Waals surface area contributed by atoms with Crippen LogP contribution in [0.25, 0.3) is 11.0 Å². The van der Waals surface area contributed by atoms with Gasteiger partial charge in [-0.1, -0.05) is 53.1 Å². The Labute approximate surface area is 155 Å². The molecular weight excluding hydrogens is 354 g/mol. The largest absolute Gasteiger partial charge is 0.462 e. The number of hydrogen-bond donors (Lipinski definition) is 0. The zero-order chi connectivity index (χ0) is 18.9. The van der Waals surface area contributed by atoms with Gasteiger partial charge in [-0.25, -0.2) is 4.79 Å². The Morgan fingerprint density at radius 1 is 1.16 bits per heavy atom. The van der Waals surface area contributed by atoms with Crippen LogP contribution in [0, 0.1) is 0 Å². The maximum atomic E-state index is 12.4. The lowest BCUT2D eigenvalue weighted by atomic mass is 10.2. The van der Waals surface area contributed by atoms with Crippen LogP contribution in [0.4, 0.5) is 0 Å². The van der Waals surface area contributed by atoms with E-state index in [2.05, 4.69) is 62.2 Å². The fourth-order valence-electron chi connectivity index (χ4n) is 4.52. The van der Waals surface area contributed by atoms with Crippen molar-refractivity contribution < 1.29 is 9.53 Å². The van der Waals surface area contributed by atoms with Crippen molar-refractivity contribution in [3.8, 4) is 0 Å². The van der Waals surface area contributed by atoms with Gasteiger partial charge in [-0.05, 0) is 35.8 Å². The fraction of sp³-hybridized carbons (Fsp3) is 0.611. The van der Waals surface area contributed by atoms with Crippen LogP contribution in [0.1, 0.15) is 58.8 Å². The Balaban J connectivity index is 2.80. The van der Waals surface area contributed by atoms with Crippen molar-refractivity contribution in [2.75, 3.05) is 6.61 Å². The smallest absolute Gasteiger partial charge is 0.342 e. The summed E-state index contributed by atoms with van der Waals surface area (Å²) in [5, 5.41) is 9.23. The van der Waals surface area contributed by atoms with Crippen molar-refractivity contribution in [2.24, 2.45) is 0 Å². The molecule has 7 heteroatoms. The van der Waals surface area contributed by atoms with E-state index < -0.39 is 14.2 Å². The molecule has 2 aromatic rings. The predicted molar refractivity (Wildman–Crippen MR) is 105 cm³/mol. The Morgan fingerprint density at radius 3 is 2.20 bits per heavy atom. The van der Waals surface area contributed by atoms with Crippen LogP contribution in [-0.4, -0.2) is 35.2 Å². The van der Waals surface area contributed by atoms with Gasteiger partial charge >= 0.3 is 5.97 Å². The van der Waals surface area contributed by atoms with E-state index in [4.69, 9.17) is 16.3 Å². The Hall–Kier alpha value is -1.40. The van der Waals surface area contributed by atoms with Crippen molar-refractivity contribution in [3.05, 3.63) is 23.0 Å². The minimum absolute atomic E-state index is 0.0922. The van der Waals surface area contributed by atoms with E-state index in [0.29, 0.717) is 28.8 Å². The third-order valence-corrected chi connectivity index (χ3v) is 12.2. The second kappa shape index (κ2) is 7.46. The second-order valence-electron chi connectivity index (χ2n) is 7.36. The van der Waals surface area contributed by atoms with Crippen LogP contribution in [0.15, 0.2) is 12.3 Å². The predicted octanol–water partition coefficient (Wildman–Crippen LogP) is 5.29. The summed E-state index contributed by atoms with van der Waals surface area (Å²) in [5.41, 5.74) is 2.56. The van der Waals surface area contributed by atoms with Crippen LogP contribution in [0.2, 0.25) is 21.8 Å². The van der Waals surface area contributed by atoms with Crippen LogP contribution in [0.5, 0.6) is 0 Å². The van der Waals surface area contributed by atoms with Crippen molar-refractivity contribution in [3.63, 3.8) is 0 Å². The lowest BCUT2D eigenvalue weighted by molar-refractivity contribution is 0.0528. The second-order valence-corrected chi connectivity index (χ2v) is 13.4. The molecule has 0 aliphatic heterocycles. The quantitative estimate of drug-likeness (QED) is 0.504. The van der Waals surface area contributed by atoms with E-state index in [-0.39, 0.29) is 5.15 Å². The molecule has 0 aliphatic carbocycles. The summed E-state index contributed by atoms with van der Waals surface area (Å²) in [4.78, 5) is 12.4. The number of nitrogens with zero attached hydrogens (tertiary/aromatic N) is 3. The summed E-state index contributed by atoms with van der Waals surface area (Å²) >= 11 is 6.17. The van der Waals surface area contributed by atoms with Gasteiger partial charge in [0, 0.05) is 5.39 Å². The molecule has 2 aromatic heterocycles. The highest BCUT2D eigenvalue weighted by atomic mass is 35.5. The van der Waals surface area contributed by atoms with E-state index in [1.807, 2.05) is 6.07 Å². The molecule has 0 atom stereocenters. The average Bonchev–Trinajstić information content (AvgIpc) is 2.90. The molecule has 25 heavy (non-hydrogen) atoms. The molecule has 0 radical (unpaired) electrons. The number of aromatic nitrogens is 3. The van der Waals surface area contributed by atoms with E-state index in [9.17, 15) is 4.79 Å². The number of esters is 1. The molecule has 5 nitrogen and oxygen atoms in total. The van der Waals surface area contributed by atoms with Gasteiger partial charge < -0.3 is 8.97 Å². The third kappa shape index (κ3) is 3.10.